The summed E-state index contributed by atoms with van der Waals surface area (Å²) in [6.45, 7) is 6.71. The van der Waals surface area contributed by atoms with Crippen LogP contribution in [0.5, 0.6) is 0 Å². The fourth-order valence-corrected chi connectivity index (χ4v) is 4.21. The molecule has 1 heterocycles. The van der Waals surface area contributed by atoms with Crippen LogP contribution in [0.4, 0.5) is 4.79 Å². The van der Waals surface area contributed by atoms with Crippen LogP contribution in [-0.2, 0) is 19.1 Å². The van der Waals surface area contributed by atoms with Crippen molar-refractivity contribution < 1.29 is 28.7 Å². The fourth-order valence-electron chi connectivity index (χ4n) is 4.21. The second-order valence-corrected chi connectivity index (χ2v) is 9.54. The lowest BCUT2D eigenvalue weighted by Crippen LogP contribution is -2.52. The molecule has 1 aromatic rings. The Labute approximate surface area is 198 Å². The number of hydrazine groups is 1. The molecule has 0 radical (unpaired) electrons. The molecule has 1 atom stereocenters. The summed E-state index contributed by atoms with van der Waals surface area (Å²) in [4.78, 5) is 62.6. The topological polar surface area (TPSA) is 134 Å². The van der Waals surface area contributed by atoms with Crippen molar-refractivity contribution in [3.05, 3.63) is 35.4 Å². The van der Waals surface area contributed by atoms with E-state index in [-0.39, 0.29) is 5.92 Å². The predicted molar refractivity (Wildman–Crippen MR) is 122 cm³/mol. The lowest BCUT2D eigenvalue weighted by atomic mass is 9.77. The van der Waals surface area contributed by atoms with Gasteiger partial charge in [0.25, 0.3) is 17.7 Å². The maximum absolute atomic E-state index is 12.8. The normalized spacial score (nSPS) is 23.0. The lowest BCUT2D eigenvalue weighted by Gasteiger charge is -2.33. The van der Waals surface area contributed by atoms with Gasteiger partial charge < -0.3 is 15.4 Å². The summed E-state index contributed by atoms with van der Waals surface area (Å²) in [6.07, 6.45) is 2.63. The van der Waals surface area contributed by atoms with Crippen molar-refractivity contribution in [1.29, 1.82) is 0 Å². The Morgan fingerprint density at radius 3 is 2.50 bits per heavy atom. The molecule has 10 heteroatoms. The Kier molecular flexibility index (Phi) is 7.58. The van der Waals surface area contributed by atoms with Gasteiger partial charge in [0.15, 0.2) is 6.61 Å². The molecular weight excluding hydrogens is 440 g/mol. The molecule has 1 spiro atoms. The molecule has 1 aromatic carbocycles. The number of amides is 5. The van der Waals surface area contributed by atoms with E-state index in [1.807, 2.05) is 13.0 Å². The number of carbonyl (C=O) groups excluding carboxylic acids is 5. The van der Waals surface area contributed by atoms with Gasteiger partial charge in [-0.25, -0.2) is 9.59 Å². The third kappa shape index (κ3) is 5.55. The number of nitrogens with zero attached hydrogens (tertiary/aromatic N) is 1. The summed E-state index contributed by atoms with van der Waals surface area (Å²) in [6, 6.07) is 5.24. The van der Waals surface area contributed by atoms with Gasteiger partial charge in [-0.3, -0.25) is 19.8 Å². The van der Waals surface area contributed by atoms with Gasteiger partial charge in [-0.2, -0.15) is 5.01 Å². The first-order valence-electron chi connectivity index (χ1n) is 11.5. The van der Waals surface area contributed by atoms with E-state index in [0.29, 0.717) is 29.3 Å². The van der Waals surface area contributed by atoms with Crippen LogP contribution in [0.1, 0.15) is 62.4 Å². The molecule has 0 bridgehead atoms. The summed E-state index contributed by atoms with van der Waals surface area (Å²) in [5.41, 5.74) is 2.54. The van der Waals surface area contributed by atoms with E-state index in [0.717, 1.165) is 18.4 Å². The van der Waals surface area contributed by atoms with Gasteiger partial charge in [0, 0.05) is 5.56 Å². The Hall–Kier alpha value is -3.43. The molecule has 2 fully saturated rings. The van der Waals surface area contributed by atoms with E-state index in [4.69, 9.17) is 4.74 Å². The highest BCUT2D eigenvalue weighted by atomic mass is 16.5. The molecule has 184 valence electrons. The number of carbonyl (C=O) groups is 5. The summed E-state index contributed by atoms with van der Waals surface area (Å²) >= 11 is 0. The summed E-state index contributed by atoms with van der Waals surface area (Å²) in [7, 11) is 0. The van der Waals surface area contributed by atoms with Crippen molar-refractivity contribution >= 4 is 29.7 Å². The predicted octanol–water partition coefficient (Wildman–Crippen LogP) is 1.82. The highest BCUT2D eigenvalue weighted by molar-refractivity contribution is 6.08. The van der Waals surface area contributed by atoms with Crippen molar-refractivity contribution in [3.63, 3.8) is 0 Å². The minimum Gasteiger partial charge on any atom is -0.454 e. The molecule has 2 aliphatic rings. The van der Waals surface area contributed by atoms with Gasteiger partial charge in [0.2, 0.25) is 0 Å². The molecule has 1 saturated heterocycles. The highest BCUT2D eigenvalue weighted by Crippen LogP contribution is 2.35. The highest BCUT2D eigenvalue weighted by Gasteiger charge is 2.52. The van der Waals surface area contributed by atoms with Crippen molar-refractivity contribution in [2.45, 2.75) is 65.0 Å². The van der Waals surface area contributed by atoms with Crippen LogP contribution in [-0.4, -0.2) is 52.9 Å². The molecule has 1 aliphatic heterocycles. The number of aryl methyl sites for hydroxylation is 1. The van der Waals surface area contributed by atoms with Crippen LogP contribution in [0.15, 0.2) is 24.3 Å². The number of rotatable bonds is 7. The first-order chi connectivity index (χ1) is 16.0. The first-order valence-corrected chi connectivity index (χ1v) is 11.5. The molecule has 5 amide bonds. The Balaban J connectivity index is 1.54. The third-order valence-electron chi connectivity index (χ3n) is 6.36. The zero-order chi connectivity index (χ0) is 25.0. The Morgan fingerprint density at radius 1 is 1.21 bits per heavy atom. The van der Waals surface area contributed by atoms with Crippen LogP contribution >= 0.6 is 0 Å². The van der Waals surface area contributed by atoms with Gasteiger partial charge in [0.1, 0.15) is 11.6 Å². The van der Waals surface area contributed by atoms with Crippen molar-refractivity contribution in [1.82, 2.24) is 21.1 Å². The molecule has 10 nitrogen and oxygen atoms in total. The number of benzene rings is 1. The number of nitrogens with one attached hydrogen (secondary N) is 3. The van der Waals surface area contributed by atoms with Crippen LogP contribution in [0.2, 0.25) is 0 Å². The van der Waals surface area contributed by atoms with Gasteiger partial charge in [-0.15, -0.1) is 0 Å². The fraction of sp³-hybridized carbons (Fsp3) is 0.542. The van der Waals surface area contributed by atoms with Crippen LogP contribution < -0.4 is 16.1 Å². The van der Waals surface area contributed by atoms with E-state index < -0.39 is 47.9 Å². The maximum Gasteiger partial charge on any atom is 0.344 e. The third-order valence-corrected chi connectivity index (χ3v) is 6.36. The molecule has 0 unspecified atom stereocenters. The van der Waals surface area contributed by atoms with Gasteiger partial charge in [-0.05, 0) is 56.6 Å². The molecule has 3 N–H and O–H groups in total. The van der Waals surface area contributed by atoms with Crippen LogP contribution in [0.3, 0.4) is 0 Å². The quantitative estimate of drug-likeness (QED) is 0.409. The minimum absolute atomic E-state index is 0.302. The molecule has 0 aromatic heterocycles. The molecular formula is C24H32N4O6. The zero-order valence-electron chi connectivity index (χ0n) is 20.0. The van der Waals surface area contributed by atoms with E-state index in [9.17, 15) is 24.0 Å². The second kappa shape index (κ2) is 10.2. The van der Waals surface area contributed by atoms with Crippen molar-refractivity contribution in [2.24, 2.45) is 11.8 Å². The first kappa shape index (κ1) is 25.2. The van der Waals surface area contributed by atoms with E-state index in [1.165, 1.54) is 0 Å². The summed E-state index contributed by atoms with van der Waals surface area (Å²) < 4.78 is 5.08. The SMILES string of the molecule is Cc1cccc(C(=O)N[C@H](C(=O)OCC(=O)NN2C(=O)NC3(CCC(C)CC3)C2=O)C(C)C)c1. The van der Waals surface area contributed by atoms with Gasteiger partial charge >= 0.3 is 12.0 Å². The zero-order valence-corrected chi connectivity index (χ0v) is 20.0. The van der Waals surface area contributed by atoms with Crippen molar-refractivity contribution in [3.8, 4) is 0 Å². The van der Waals surface area contributed by atoms with Crippen LogP contribution in [0.25, 0.3) is 0 Å². The number of hydrogen-bond donors (Lipinski definition) is 3. The Morgan fingerprint density at radius 2 is 1.88 bits per heavy atom. The van der Waals surface area contributed by atoms with Crippen molar-refractivity contribution in [2.75, 3.05) is 6.61 Å². The number of urea groups is 1. The van der Waals surface area contributed by atoms with E-state index in [2.05, 4.69) is 23.0 Å². The number of esters is 1. The average molecular weight is 473 g/mol. The van der Waals surface area contributed by atoms with E-state index >= 15 is 0 Å². The molecule has 1 aliphatic carbocycles. The smallest absolute Gasteiger partial charge is 0.344 e. The summed E-state index contributed by atoms with van der Waals surface area (Å²) in [5, 5.41) is 6.00. The molecule has 3 rings (SSSR count). The van der Waals surface area contributed by atoms with Crippen LogP contribution in [0, 0.1) is 18.8 Å². The number of ether oxygens (including phenoxy) is 1. The van der Waals surface area contributed by atoms with Gasteiger partial charge in [0.05, 0.1) is 0 Å². The number of imide groups is 1. The minimum atomic E-state index is -0.990. The maximum atomic E-state index is 12.8. The summed E-state index contributed by atoms with van der Waals surface area (Å²) in [5.74, 6) is -2.39. The molecule has 34 heavy (non-hydrogen) atoms. The standard InChI is InChI=1S/C24H32N4O6/c1-14(2)19(25-20(30)17-7-5-6-16(4)12-17)21(31)34-13-18(29)27-28-22(32)24(26-23(28)33)10-8-15(3)9-11-24/h5-7,12,14-15,19H,8-11,13H2,1-4H3,(H,25,30)(H,26,33)(H,27,29)/t15?,19-,24?/m0/s1. The second-order valence-electron chi connectivity index (χ2n) is 9.54. The lowest BCUT2D eigenvalue weighted by molar-refractivity contribution is -0.153. The average Bonchev–Trinajstić information content (AvgIpc) is 3.01. The largest absolute Gasteiger partial charge is 0.454 e. The number of hydrogen-bond acceptors (Lipinski definition) is 6. The van der Waals surface area contributed by atoms with Gasteiger partial charge in [-0.1, -0.05) is 38.5 Å². The Bertz CT molecular complexity index is 983. The monoisotopic (exact) mass is 472 g/mol. The molecule has 1 saturated carbocycles. The van der Waals surface area contributed by atoms with E-state index in [1.54, 1.807) is 32.0 Å².